The third-order valence-corrected chi connectivity index (χ3v) is 4.18. The van der Waals surface area contributed by atoms with E-state index in [4.69, 9.17) is 26.8 Å². The monoisotopic (exact) mass is 311 g/mol. The van der Waals surface area contributed by atoms with Gasteiger partial charge in [0.15, 0.2) is 6.29 Å². The van der Waals surface area contributed by atoms with Crippen molar-refractivity contribution >= 4 is 22.9 Å². The fourth-order valence-corrected chi connectivity index (χ4v) is 3.13. The topological polar surface area (TPSA) is 44.5 Å². The van der Waals surface area contributed by atoms with Crippen molar-refractivity contribution in [1.29, 1.82) is 0 Å². The van der Waals surface area contributed by atoms with E-state index in [1.165, 1.54) is 0 Å². The molecule has 1 aromatic carbocycles. The number of nitrogens with two attached hydrogens (primary N) is 1. The lowest BCUT2D eigenvalue weighted by molar-refractivity contribution is -0.121. The van der Waals surface area contributed by atoms with E-state index in [0.717, 1.165) is 16.0 Å². The third-order valence-electron chi connectivity index (χ3n) is 2.97. The van der Waals surface area contributed by atoms with Gasteiger partial charge in [0.25, 0.3) is 0 Å². The summed E-state index contributed by atoms with van der Waals surface area (Å²) in [6, 6.07) is 9.44. The summed E-state index contributed by atoms with van der Waals surface area (Å²) in [5.41, 5.74) is 8.31. The van der Waals surface area contributed by atoms with E-state index in [0.29, 0.717) is 11.6 Å². The summed E-state index contributed by atoms with van der Waals surface area (Å²) in [6.45, 7) is 2.55. The maximum Gasteiger partial charge on any atom is 0.192 e. The van der Waals surface area contributed by atoms with E-state index in [2.05, 4.69) is 0 Å². The summed E-state index contributed by atoms with van der Waals surface area (Å²) in [6.07, 6.45) is -0.328. The van der Waals surface area contributed by atoms with Crippen LogP contribution in [-0.4, -0.2) is 13.7 Å². The lowest BCUT2D eigenvalue weighted by atomic mass is 10.0. The average Bonchev–Trinajstić information content (AvgIpc) is 2.93. The van der Waals surface area contributed by atoms with Crippen LogP contribution in [0, 0.1) is 0 Å². The molecule has 0 amide bonds. The molecular weight excluding hydrogens is 294 g/mol. The normalized spacial score (nSPS) is 14.2. The van der Waals surface area contributed by atoms with Crippen LogP contribution in [0.4, 0.5) is 0 Å². The number of benzene rings is 1. The minimum Gasteiger partial charge on any atom is -0.351 e. The van der Waals surface area contributed by atoms with Gasteiger partial charge in [-0.25, -0.2) is 0 Å². The second-order valence-corrected chi connectivity index (χ2v) is 5.72. The van der Waals surface area contributed by atoms with Gasteiger partial charge >= 0.3 is 0 Å². The Hall–Kier alpha value is -0.910. The molecular formula is C15H18ClNO2S. The molecule has 0 saturated carbocycles. The van der Waals surface area contributed by atoms with Gasteiger partial charge in [-0.05, 0) is 41.6 Å². The maximum absolute atomic E-state index is 6.28. The summed E-state index contributed by atoms with van der Waals surface area (Å²) in [7, 11) is 1.64. The van der Waals surface area contributed by atoms with E-state index < -0.39 is 0 Å². The molecule has 0 spiro atoms. The van der Waals surface area contributed by atoms with Crippen molar-refractivity contribution in [1.82, 2.24) is 0 Å². The predicted molar refractivity (Wildman–Crippen MR) is 83.2 cm³/mol. The first kappa shape index (κ1) is 15.5. The first-order chi connectivity index (χ1) is 9.65. The molecule has 2 aromatic rings. The Morgan fingerprint density at radius 3 is 2.75 bits per heavy atom. The first-order valence-corrected chi connectivity index (χ1v) is 7.65. The minimum absolute atomic E-state index is 0.196. The zero-order valence-electron chi connectivity index (χ0n) is 11.5. The van der Waals surface area contributed by atoms with Crippen molar-refractivity contribution in [2.45, 2.75) is 19.3 Å². The first-order valence-electron chi connectivity index (χ1n) is 6.39. The maximum atomic E-state index is 6.28. The van der Waals surface area contributed by atoms with Crippen LogP contribution < -0.4 is 5.73 Å². The van der Waals surface area contributed by atoms with Gasteiger partial charge in [0, 0.05) is 18.7 Å². The number of thiophene rings is 1. The molecule has 0 saturated heterocycles. The lowest BCUT2D eigenvalue weighted by Gasteiger charge is -2.13. The van der Waals surface area contributed by atoms with Gasteiger partial charge in [0.2, 0.25) is 0 Å². The molecule has 20 heavy (non-hydrogen) atoms. The highest BCUT2D eigenvalue weighted by Gasteiger charge is 2.16. The molecule has 0 aliphatic carbocycles. The molecule has 2 rings (SSSR count). The Bertz CT molecular complexity index is 558. The molecule has 2 atom stereocenters. The van der Waals surface area contributed by atoms with E-state index in [1.807, 2.05) is 42.6 Å². The highest BCUT2D eigenvalue weighted by molar-refractivity contribution is 7.10. The molecule has 1 heterocycles. The lowest BCUT2D eigenvalue weighted by Crippen LogP contribution is -2.11. The van der Waals surface area contributed by atoms with Crippen LogP contribution >= 0.6 is 22.9 Å². The Labute approximate surface area is 128 Å². The fourth-order valence-electron chi connectivity index (χ4n) is 1.97. The van der Waals surface area contributed by atoms with Crippen molar-refractivity contribution in [2.75, 3.05) is 13.7 Å². The summed E-state index contributed by atoms with van der Waals surface area (Å²) in [5, 5.41) is 2.73. The van der Waals surface area contributed by atoms with Gasteiger partial charge < -0.3 is 15.2 Å². The number of hydrogen-bond acceptors (Lipinski definition) is 4. The molecule has 5 heteroatoms. The highest BCUT2D eigenvalue weighted by atomic mass is 35.5. The quantitative estimate of drug-likeness (QED) is 0.816. The van der Waals surface area contributed by atoms with Gasteiger partial charge in [-0.2, -0.15) is 0 Å². The van der Waals surface area contributed by atoms with Gasteiger partial charge in [0.1, 0.15) is 0 Å². The second kappa shape index (κ2) is 7.20. The molecule has 0 bridgehead atoms. The Morgan fingerprint density at radius 1 is 1.30 bits per heavy atom. The zero-order chi connectivity index (χ0) is 14.5. The van der Waals surface area contributed by atoms with Crippen molar-refractivity contribution in [3.05, 3.63) is 56.7 Å². The van der Waals surface area contributed by atoms with E-state index in [-0.39, 0.29) is 12.3 Å². The van der Waals surface area contributed by atoms with Crippen molar-refractivity contribution < 1.29 is 9.47 Å². The van der Waals surface area contributed by atoms with Crippen LogP contribution in [-0.2, 0) is 9.47 Å². The van der Waals surface area contributed by atoms with Crippen LogP contribution in [0.3, 0.4) is 0 Å². The fraction of sp³-hybridized carbons (Fsp3) is 0.333. The number of methoxy groups -OCH3 is 1. The van der Waals surface area contributed by atoms with Gasteiger partial charge in [-0.1, -0.05) is 23.7 Å². The minimum atomic E-state index is -0.328. The summed E-state index contributed by atoms with van der Waals surface area (Å²) in [4.78, 5) is 1.02. The molecule has 3 nitrogen and oxygen atoms in total. The van der Waals surface area contributed by atoms with Crippen molar-refractivity contribution in [3.63, 3.8) is 0 Å². The van der Waals surface area contributed by atoms with Crippen LogP contribution in [0.5, 0.6) is 0 Å². The third kappa shape index (κ3) is 3.59. The molecule has 1 aromatic heterocycles. The van der Waals surface area contributed by atoms with E-state index >= 15 is 0 Å². The van der Waals surface area contributed by atoms with Crippen LogP contribution in [0.25, 0.3) is 0 Å². The van der Waals surface area contributed by atoms with Crippen molar-refractivity contribution in [3.8, 4) is 0 Å². The number of hydrogen-bond donors (Lipinski definition) is 1. The van der Waals surface area contributed by atoms with Crippen LogP contribution in [0.2, 0.25) is 5.02 Å². The zero-order valence-corrected chi connectivity index (χ0v) is 13.1. The molecule has 108 valence electrons. The molecule has 2 N–H and O–H groups in total. The van der Waals surface area contributed by atoms with E-state index in [1.54, 1.807) is 18.4 Å². The summed E-state index contributed by atoms with van der Waals surface area (Å²) in [5.74, 6) is 0. The SMILES string of the molecule is CCOC(OC)c1cc(C(N)c2cccc(Cl)c2)cs1. The van der Waals surface area contributed by atoms with E-state index in [9.17, 15) is 0 Å². The largest absolute Gasteiger partial charge is 0.351 e. The van der Waals surface area contributed by atoms with Crippen LogP contribution in [0.1, 0.15) is 35.3 Å². The predicted octanol–water partition coefficient (Wildman–Crippen LogP) is 4.13. The number of halogens is 1. The molecule has 0 fully saturated rings. The standard InChI is InChI=1S/C15H18ClNO2S/c1-3-19-15(18-2)13-8-11(9-20-13)14(17)10-5-4-6-12(16)7-10/h4-9,14-15H,3,17H2,1-2H3. The average molecular weight is 312 g/mol. The number of ether oxygens (including phenoxy) is 2. The molecule has 0 aliphatic heterocycles. The molecule has 0 aliphatic rings. The summed E-state index contributed by atoms with van der Waals surface area (Å²) >= 11 is 7.59. The van der Waals surface area contributed by atoms with Crippen molar-refractivity contribution in [2.24, 2.45) is 5.73 Å². The van der Waals surface area contributed by atoms with Crippen LogP contribution in [0.15, 0.2) is 35.7 Å². The van der Waals surface area contributed by atoms with Gasteiger partial charge in [-0.15, -0.1) is 11.3 Å². The summed E-state index contributed by atoms with van der Waals surface area (Å²) < 4.78 is 10.8. The molecule has 2 unspecified atom stereocenters. The molecule has 0 radical (unpaired) electrons. The Kier molecular flexibility index (Phi) is 5.57. The Morgan fingerprint density at radius 2 is 2.10 bits per heavy atom. The smallest absolute Gasteiger partial charge is 0.192 e. The second-order valence-electron chi connectivity index (χ2n) is 4.34. The van der Waals surface area contributed by atoms with Gasteiger partial charge in [-0.3, -0.25) is 0 Å². The van der Waals surface area contributed by atoms with Gasteiger partial charge in [0.05, 0.1) is 10.9 Å². The Balaban J connectivity index is 2.19. The number of rotatable bonds is 6. The highest BCUT2D eigenvalue weighted by Crippen LogP contribution is 2.30.